The molecule has 0 spiro atoms. The Labute approximate surface area is 113 Å². The van der Waals surface area contributed by atoms with E-state index in [0.717, 1.165) is 12.3 Å². The number of hydrogen-bond acceptors (Lipinski definition) is 2. The van der Waals surface area contributed by atoms with Crippen molar-refractivity contribution in [3.8, 4) is 0 Å². The standard InChI is InChI=1S/C17H17NO/c1-2-18-17(16-8-5-11-19-16)15-10-9-13-6-3-4-7-14(13)12-15/h3-12,17-18H,2H2,1H3. The second kappa shape index (κ2) is 5.29. The van der Waals surface area contributed by atoms with E-state index in [-0.39, 0.29) is 6.04 Å². The lowest BCUT2D eigenvalue weighted by atomic mass is 10.0. The molecule has 0 amide bonds. The number of rotatable bonds is 4. The number of fused-ring (bicyclic) bond motifs is 1. The summed E-state index contributed by atoms with van der Waals surface area (Å²) in [5.41, 5.74) is 1.23. The Morgan fingerprint density at radius 1 is 1.00 bits per heavy atom. The minimum absolute atomic E-state index is 0.115. The molecule has 0 fully saturated rings. The highest BCUT2D eigenvalue weighted by atomic mass is 16.3. The highest BCUT2D eigenvalue weighted by molar-refractivity contribution is 5.83. The van der Waals surface area contributed by atoms with Gasteiger partial charge in [-0.2, -0.15) is 0 Å². The van der Waals surface area contributed by atoms with Gasteiger partial charge in [0.25, 0.3) is 0 Å². The quantitative estimate of drug-likeness (QED) is 0.754. The molecule has 1 aromatic heterocycles. The normalized spacial score (nSPS) is 12.7. The van der Waals surface area contributed by atoms with Gasteiger partial charge in [-0.1, -0.05) is 43.3 Å². The molecule has 2 heteroatoms. The first-order valence-electron chi connectivity index (χ1n) is 6.64. The summed E-state index contributed by atoms with van der Waals surface area (Å²) in [6.07, 6.45) is 1.72. The largest absolute Gasteiger partial charge is 0.467 e. The van der Waals surface area contributed by atoms with E-state index < -0.39 is 0 Å². The van der Waals surface area contributed by atoms with Crippen LogP contribution in [0.15, 0.2) is 65.3 Å². The smallest absolute Gasteiger partial charge is 0.125 e. The van der Waals surface area contributed by atoms with Crippen molar-refractivity contribution in [3.63, 3.8) is 0 Å². The summed E-state index contributed by atoms with van der Waals surface area (Å²) in [5, 5.41) is 6.00. The van der Waals surface area contributed by atoms with Crippen molar-refractivity contribution in [2.45, 2.75) is 13.0 Å². The Kier molecular flexibility index (Phi) is 3.34. The lowest BCUT2D eigenvalue weighted by molar-refractivity contribution is 0.452. The molecule has 0 radical (unpaired) electrons. The van der Waals surface area contributed by atoms with Crippen LogP contribution in [0.1, 0.15) is 24.3 Å². The van der Waals surface area contributed by atoms with E-state index in [1.807, 2.05) is 12.1 Å². The van der Waals surface area contributed by atoms with Crippen molar-refractivity contribution < 1.29 is 4.42 Å². The van der Waals surface area contributed by atoms with E-state index in [0.29, 0.717) is 0 Å². The molecule has 0 saturated carbocycles. The third-order valence-corrected chi connectivity index (χ3v) is 3.34. The van der Waals surface area contributed by atoms with Crippen LogP contribution in [-0.4, -0.2) is 6.54 Å². The van der Waals surface area contributed by atoms with Crippen molar-refractivity contribution in [1.82, 2.24) is 5.32 Å². The van der Waals surface area contributed by atoms with Crippen LogP contribution in [0.3, 0.4) is 0 Å². The van der Waals surface area contributed by atoms with Gasteiger partial charge in [-0.3, -0.25) is 0 Å². The summed E-state index contributed by atoms with van der Waals surface area (Å²) >= 11 is 0. The Balaban J connectivity index is 2.05. The van der Waals surface area contributed by atoms with Crippen LogP contribution in [0.2, 0.25) is 0 Å². The fourth-order valence-electron chi connectivity index (χ4n) is 2.43. The molecule has 2 nitrogen and oxygen atoms in total. The van der Waals surface area contributed by atoms with Crippen molar-refractivity contribution in [2.75, 3.05) is 6.54 Å². The Morgan fingerprint density at radius 2 is 1.84 bits per heavy atom. The monoisotopic (exact) mass is 251 g/mol. The number of benzene rings is 2. The Bertz CT molecular complexity index is 658. The first kappa shape index (κ1) is 12.0. The van der Waals surface area contributed by atoms with Gasteiger partial charge in [0.05, 0.1) is 12.3 Å². The maximum atomic E-state index is 5.55. The molecule has 96 valence electrons. The molecule has 3 rings (SSSR count). The third kappa shape index (κ3) is 2.40. The molecule has 0 bridgehead atoms. The summed E-state index contributed by atoms with van der Waals surface area (Å²) in [4.78, 5) is 0. The SMILES string of the molecule is CCNC(c1ccc2ccccc2c1)c1ccco1. The van der Waals surface area contributed by atoms with E-state index in [9.17, 15) is 0 Å². The van der Waals surface area contributed by atoms with Crippen LogP contribution in [0.5, 0.6) is 0 Å². The average molecular weight is 251 g/mol. The number of nitrogens with one attached hydrogen (secondary N) is 1. The molecule has 0 aliphatic rings. The molecular formula is C17H17NO. The molecule has 0 aliphatic heterocycles. The second-order valence-electron chi connectivity index (χ2n) is 4.61. The van der Waals surface area contributed by atoms with Crippen LogP contribution in [-0.2, 0) is 0 Å². The van der Waals surface area contributed by atoms with E-state index in [1.165, 1.54) is 16.3 Å². The minimum atomic E-state index is 0.115. The highest BCUT2D eigenvalue weighted by Gasteiger charge is 2.15. The van der Waals surface area contributed by atoms with E-state index in [1.54, 1.807) is 6.26 Å². The van der Waals surface area contributed by atoms with Gasteiger partial charge < -0.3 is 9.73 Å². The molecule has 3 aromatic rings. The van der Waals surface area contributed by atoms with Crippen molar-refractivity contribution >= 4 is 10.8 Å². The predicted molar refractivity (Wildman–Crippen MR) is 78.2 cm³/mol. The molecule has 0 saturated heterocycles. The molecule has 1 heterocycles. The number of furan rings is 1. The van der Waals surface area contributed by atoms with Crippen LogP contribution >= 0.6 is 0 Å². The summed E-state index contributed by atoms with van der Waals surface area (Å²) in [7, 11) is 0. The molecule has 19 heavy (non-hydrogen) atoms. The first-order valence-corrected chi connectivity index (χ1v) is 6.64. The molecule has 2 aromatic carbocycles. The average Bonchev–Trinajstić information content (AvgIpc) is 2.98. The topological polar surface area (TPSA) is 25.2 Å². The summed E-state index contributed by atoms with van der Waals surface area (Å²) < 4.78 is 5.55. The van der Waals surface area contributed by atoms with Gasteiger partial charge in [0, 0.05) is 0 Å². The van der Waals surface area contributed by atoms with E-state index >= 15 is 0 Å². The summed E-state index contributed by atoms with van der Waals surface area (Å²) in [5.74, 6) is 0.956. The number of hydrogen-bond donors (Lipinski definition) is 1. The first-order chi connectivity index (χ1) is 9.38. The maximum Gasteiger partial charge on any atom is 0.125 e. The Morgan fingerprint density at radius 3 is 2.58 bits per heavy atom. The van der Waals surface area contributed by atoms with E-state index in [2.05, 4.69) is 54.7 Å². The maximum absolute atomic E-state index is 5.55. The fraction of sp³-hybridized carbons (Fsp3) is 0.176. The van der Waals surface area contributed by atoms with Crippen LogP contribution < -0.4 is 5.32 Å². The predicted octanol–water partition coefficient (Wildman–Crippen LogP) is 4.13. The highest BCUT2D eigenvalue weighted by Crippen LogP contribution is 2.25. The second-order valence-corrected chi connectivity index (χ2v) is 4.61. The zero-order chi connectivity index (χ0) is 13.1. The van der Waals surface area contributed by atoms with Crippen LogP contribution in [0, 0.1) is 0 Å². The van der Waals surface area contributed by atoms with Crippen LogP contribution in [0.25, 0.3) is 10.8 Å². The van der Waals surface area contributed by atoms with Gasteiger partial charge in [-0.15, -0.1) is 0 Å². The summed E-state index contributed by atoms with van der Waals surface area (Å²) in [6, 6.07) is 19.0. The van der Waals surface area contributed by atoms with Gasteiger partial charge in [0.2, 0.25) is 0 Å². The minimum Gasteiger partial charge on any atom is -0.467 e. The van der Waals surface area contributed by atoms with Crippen molar-refractivity contribution in [3.05, 3.63) is 72.2 Å². The molecule has 1 atom stereocenters. The van der Waals surface area contributed by atoms with Crippen molar-refractivity contribution in [1.29, 1.82) is 0 Å². The molecule has 0 aliphatic carbocycles. The summed E-state index contributed by atoms with van der Waals surface area (Å²) in [6.45, 7) is 3.01. The van der Waals surface area contributed by atoms with Gasteiger partial charge in [0.1, 0.15) is 5.76 Å². The Hall–Kier alpha value is -2.06. The van der Waals surface area contributed by atoms with E-state index in [4.69, 9.17) is 4.42 Å². The van der Waals surface area contributed by atoms with Gasteiger partial charge in [0.15, 0.2) is 0 Å². The van der Waals surface area contributed by atoms with Gasteiger partial charge in [-0.05, 0) is 41.1 Å². The third-order valence-electron chi connectivity index (χ3n) is 3.34. The van der Waals surface area contributed by atoms with Crippen LogP contribution in [0.4, 0.5) is 0 Å². The van der Waals surface area contributed by atoms with Gasteiger partial charge in [-0.25, -0.2) is 0 Å². The molecule has 1 N–H and O–H groups in total. The zero-order valence-corrected chi connectivity index (χ0v) is 11.0. The van der Waals surface area contributed by atoms with Gasteiger partial charge >= 0.3 is 0 Å². The fourth-order valence-corrected chi connectivity index (χ4v) is 2.43. The lowest BCUT2D eigenvalue weighted by Gasteiger charge is -2.16. The molecular weight excluding hydrogens is 234 g/mol. The zero-order valence-electron chi connectivity index (χ0n) is 11.0. The lowest BCUT2D eigenvalue weighted by Crippen LogP contribution is -2.21. The van der Waals surface area contributed by atoms with Crippen molar-refractivity contribution in [2.24, 2.45) is 0 Å². The molecule has 1 unspecified atom stereocenters.